The van der Waals surface area contributed by atoms with Gasteiger partial charge in [0.1, 0.15) is 0 Å². The van der Waals surface area contributed by atoms with Gasteiger partial charge in [-0.3, -0.25) is 0 Å². The van der Waals surface area contributed by atoms with Crippen molar-refractivity contribution in [3.63, 3.8) is 0 Å². The molecule has 1 aliphatic heterocycles. The third-order valence-corrected chi connectivity index (χ3v) is 8.86. The van der Waals surface area contributed by atoms with Crippen LogP contribution in [0.2, 0.25) is 0 Å². The summed E-state index contributed by atoms with van der Waals surface area (Å²) in [5.74, 6) is 2.11. The Morgan fingerprint density at radius 2 is 1.82 bits per heavy atom. The van der Waals surface area contributed by atoms with E-state index >= 15 is 0 Å². The maximum absolute atomic E-state index is 13.7. The Labute approximate surface area is 202 Å². The van der Waals surface area contributed by atoms with Gasteiger partial charge in [-0.2, -0.15) is 0 Å². The molecule has 1 aliphatic rings. The van der Waals surface area contributed by atoms with E-state index in [2.05, 4.69) is 0 Å². The van der Waals surface area contributed by atoms with Crippen molar-refractivity contribution in [3.05, 3.63) is 52.5 Å². The van der Waals surface area contributed by atoms with E-state index in [0.29, 0.717) is 34.1 Å². The molecule has 0 saturated carbocycles. The topological polar surface area (TPSA) is 68.2 Å². The number of phenols is 1. The summed E-state index contributed by atoms with van der Waals surface area (Å²) in [4.78, 5) is 15.5. The van der Waals surface area contributed by atoms with Crippen LogP contribution in [0.15, 0.2) is 42.5 Å². The van der Waals surface area contributed by atoms with Crippen molar-refractivity contribution in [2.75, 3.05) is 38.7 Å². The fourth-order valence-corrected chi connectivity index (χ4v) is 7.20. The minimum atomic E-state index is -0.282. The van der Waals surface area contributed by atoms with Crippen LogP contribution in [-0.2, 0) is 0 Å². The Morgan fingerprint density at radius 1 is 1.09 bits per heavy atom. The zero-order valence-corrected chi connectivity index (χ0v) is 20.8. The fraction of sp³-hybridized carbons (Fsp3) is 0.240. The predicted molar refractivity (Wildman–Crippen MR) is 131 cm³/mol. The number of halogens is 1. The zero-order chi connectivity index (χ0) is 23.3. The van der Waals surface area contributed by atoms with Crippen molar-refractivity contribution >= 4 is 58.1 Å². The maximum atomic E-state index is 13.7. The molecule has 0 aliphatic carbocycles. The summed E-state index contributed by atoms with van der Waals surface area (Å²) >= 11 is 6.05. The van der Waals surface area contributed by atoms with Crippen LogP contribution in [0.5, 0.6) is 23.0 Å². The molecule has 0 unspecified atom stereocenters. The summed E-state index contributed by atoms with van der Waals surface area (Å²) in [6, 6.07) is 13.1. The Morgan fingerprint density at radius 3 is 2.48 bits per heavy atom. The average Bonchev–Trinajstić information content (AvgIpc) is 3.43. The van der Waals surface area contributed by atoms with E-state index in [1.807, 2.05) is 36.4 Å². The van der Waals surface area contributed by atoms with E-state index < -0.39 is 0 Å². The van der Waals surface area contributed by atoms with Gasteiger partial charge in [-0.05, 0) is 0 Å². The first-order valence-corrected chi connectivity index (χ1v) is 12.6. The number of alkyl halides is 1. The molecule has 3 aromatic carbocycles. The number of ether oxygens (including phenoxy) is 3. The first-order chi connectivity index (χ1) is 16.0. The number of fused-ring (bicyclic) bond motifs is 4. The molecule has 170 valence electrons. The quantitative estimate of drug-likeness (QED) is 0.298. The molecule has 1 aromatic heterocycles. The number of carbonyl (C=O) groups is 1. The summed E-state index contributed by atoms with van der Waals surface area (Å²) in [6.45, 7) is 0.471. The summed E-state index contributed by atoms with van der Waals surface area (Å²) in [5, 5.41) is 13.2. The number of hydrogen-bond acceptors (Lipinski definition) is 5. The second-order valence-electron chi connectivity index (χ2n) is 7.82. The number of anilines is 1. The molecule has 0 spiro atoms. The predicted octanol–water partition coefficient (Wildman–Crippen LogP) is 4.76. The van der Waals surface area contributed by atoms with Gasteiger partial charge in [0.25, 0.3) is 0 Å². The van der Waals surface area contributed by atoms with Gasteiger partial charge in [-0.15, -0.1) is 0 Å². The number of methoxy groups -OCH3 is 3. The Kier molecular flexibility index (Phi) is 5.65. The molecule has 1 N–H and O–H groups in total. The number of benzene rings is 3. The first kappa shape index (κ1) is 22.0. The van der Waals surface area contributed by atoms with Crippen molar-refractivity contribution in [2.24, 2.45) is 0 Å². The molecule has 0 radical (unpaired) electrons. The molecule has 0 bridgehead atoms. The molecule has 1 amide bonds. The van der Waals surface area contributed by atoms with Crippen LogP contribution in [0.25, 0.3) is 20.4 Å². The monoisotopic (exact) mass is 531 g/mol. The Bertz CT molecular complexity index is 1400. The molecule has 0 fully saturated rings. The summed E-state index contributed by atoms with van der Waals surface area (Å²) < 4.78 is 18.2. The van der Waals surface area contributed by atoms with Crippen LogP contribution in [-0.4, -0.2) is 59.3 Å². The Balaban J connectivity index is 1.64. The molecular formula is C25H22ClNO5Se. The van der Waals surface area contributed by atoms with Crippen LogP contribution in [0.3, 0.4) is 0 Å². The van der Waals surface area contributed by atoms with E-state index in [1.165, 1.54) is 0 Å². The van der Waals surface area contributed by atoms with E-state index in [1.54, 1.807) is 32.3 Å². The average molecular weight is 531 g/mol. The van der Waals surface area contributed by atoms with Crippen molar-refractivity contribution in [3.8, 4) is 23.0 Å². The SMILES string of the molecule is COc1cc2cc(C(=O)N3C[C@@H](CCl)c4c3cc(O)c3ccccc43)[se]c2c(OC)c1OC. The van der Waals surface area contributed by atoms with Gasteiger partial charge >= 0.3 is 202 Å². The normalized spacial score (nSPS) is 15.2. The first-order valence-electron chi connectivity index (χ1n) is 10.4. The van der Waals surface area contributed by atoms with Gasteiger partial charge in [0.2, 0.25) is 0 Å². The molecule has 33 heavy (non-hydrogen) atoms. The zero-order valence-electron chi connectivity index (χ0n) is 18.3. The third-order valence-electron chi connectivity index (χ3n) is 6.10. The Hall–Kier alpha value is -2.86. The van der Waals surface area contributed by atoms with Gasteiger partial charge in [-0.25, -0.2) is 0 Å². The van der Waals surface area contributed by atoms with Crippen molar-refractivity contribution in [1.82, 2.24) is 0 Å². The molecule has 5 rings (SSSR count). The number of carbonyl (C=O) groups excluding carboxylic acids is 1. The summed E-state index contributed by atoms with van der Waals surface area (Å²) in [5.41, 5.74) is 1.73. The standard InChI is InChI=1S/C25H22ClNO5Se/c1-30-19-8-13-9-20(33-24(13)23(32-3)22(19)31-2)25(29)27-12-14(11-26)21-16-7-5-4-6-15(16)18(28)10-17(21)27/h4-10,14,28H,11-12H2,1-3H3/t14-/m1/s1. The molecular weight excluding hydrogens is 509 g/mol. The molecule has 4 aromatic rings. The number of nitrogens with zero attached hydrogens (tertiary/aromatic N) is 1. The summed E-state index contributed by atoms with van der Waals surface area (Å²) in [7, 11) is 4.73. The van der Waals surface area contributed by atoms with Crippen molar-refractivity contribution < 1.29 is 24.1 Å². The molecule has 1 atom stereocenters. The van der Waals surface area contributed by atoms with Crippen LogP contribution in [0.4, 0.5) is 5.69 Å². The minimum absolute atomic E-state index is 0.0114. The fourth-order valence-electron chi connectivity index (χ4n) is 4.63. The van der Waals surface area contributed by atoms with E-state index in [4.69, 9.17) is 25.8 Å². The number of hydrogen-bond donors (Lipinski definition) is 1. The van der Waals surface area contributed by atoms with Crippen LogP contribution in [0, 0.1) is 0 Å². The number of rotatable bonds is 5. The van der Waals surface area contributed by atoms with Crippen LogP contribution in [0.1, 0.15) is 20.7 Å². The molecule has 0 saturated heterocycles. The van der Waals surface area contributed by atoms with Gasteiger partial charge in [0.15, 0.2) is 0 Å². The van der Waals surface area contributed by atoms with Crippen molar-refractivity contribution in [2.45, 2.75) is 5.92 Å². The molecule has 2 heterocycles. The molecule has 8 heteroatoms. The van der Waals surface area contributed by atoms with Crippen molar-refractivity contribution in [1.29, 1.82) is 0 Å². The van der Waals surface area contributed by atoms with Gasteiger partial charge in [-0.1, -0.05) is 0 Å². The van der Waals surface area contributed by atoms with E-state index in [9.17, 15) is 9.90 Å². The third kappa shape index (κ3) is 3.34. The number of aromatic hydroxyl groups is 1. The second kappa shape index (κ2) is 8.49. The van der Waals surface area contributed by atoms with Gasteiger partial charge in [0, 0.05) is 0 Å². The summed E-state index contributed by atoms with van der Waals surface area (Å²) in [6.07, 6.45) is 0. The molecule has 6 nitrogen and oxygen atoms in total. The van der Waals surface area contributed by atoms with E-state index in [0.717, 1.165) is 31.7 Å². The van der Waals surface area contributed by atoms with E-state index in [-0.39, 0.29) is 32.1 Å². The van der Waals surface area contributed by atoms with Gasteiger partial charge in [0.05, 0.1) is 0 Å². The number of phenolic OH excluding ortho intramolecular Hbond substituents is 1. The van der Waals surface area contributed by atoms with Crippen LogP contribution < -0.4 is 19.1 Å². The van der Waals surface area contributed by atoms with Gasteiger partial charge < -0.3 is 0 Å². The second-order valence-corrected chi connectivity index (χ2v) is 10.3. The van der Waals surface area contributed by atoms with Crippen LogP contribution >= 0.6 is 11.6 Å². The number of amides is 1.